The van der Waals surface area contributed by atoms with Crippen molar-refractivity contribution in [2.75, 3.05) is 16.4 Å². The summed E-state index contributed by atoms with van der Waals surface area (Å²) in [6.45, 7) is 1.98. The molecular weight excluding hydrogens is 238 g/mol. The van der Waals surface area contributed by atoms with Crippen molar-refractivity contribution in [2.45, 2.75) is 13.3 Å². The van der Waals surface area contributed by atoms with Gasteiger partial charge in [0.1, 0.15) is 0 Å². The zero-order valence-electron chi connectivity index (χ0n) is 10.7. The lowest BCUT2D eigenvalue weighted by Crippen LogP contribution is -2.22. The van der Waals surface area contributed by atoms with E-state index in [9.17, 15) is 4.79 Å². The molecule has 1 aliphatic heterocycles. The number of benzene rings is 2. The van der Waals surface area contributed by atoms with Gasteiger partial charge < -0.3 is 11.5 Å². The van der Waals surface area contributed by atoms with E-state index < -0.39 is 0 Å². The highest BCUT2D eigenvalue weighted by Gasteiger charge is 2.29. The van der Waals surface area contributed by atoms with Crippen LogP contribution >= 0.6 is 0 Å². The largest absolute Gasteiger partial charge is 0.399 e. The lowest BCUT2D eigenvalue weighted by Gasteiger charge is -2.20. The molecule has 0 atom stereocenters. The number of rotatable bonds is 1. The molecule has 0 spiro atoms. The maximum atomic E-state index is 12.2. The van der Waals surface area contributed by atoms with E-state index in [-0.39, 0.29) is 5.91 Å². The second-order valence-corrected chi connectivity index (χ2v) is 4.86. The highest BCUT2D eigenvalue weighted by molar-refractivity contribution is 6.09. The number of hydrogen-bond acceptors (Lipinski definition) is 3. The molecule has 0 saturated carbocycles. The van der Waals surface area contributed by atoms with Crippen molar-refractivity contribution in [1.29, 1.82) is 0 Å². The standard InChI is InChI=1S/C15H15N3O/c1-9-2-4-12(17)14(6-9)18-13-5-3-11(16)7-10(13)8-15(18)19/h2-7H,8,16-17H2,1H3. The minimum Gasteiger partial charge on any atom is -0.399 e. The van der Waals surface area contributed by atoms with Gasteiger partial charge in [0.25, 0.3) is 0 Å². The number of amides is 1. The predicted molar refractivity (Wildman–Crippen MR) is 77.3 cm³/mol. The zero-order chi connectivity index (χ0) is 13.6. The van der Waals surface area contributed by atoms with Crippen molar-refractivity contribution in [2.24, 2.45) is 0 Å². The van der Waals surface area contributed by atoms with Gasteiger partial charge in [-0.15, -0.1) is 0 Å². The summed E-state index contributed by atoms with van der Waals surface area (Å²) in [5.74, 6) is 0.0258. The average molecular weight is 253 g/mol. The van der Waals surface area contributed by atoms with Gasteiger partial charge >= 0.3 is 0 Å². The van der Waals surface area contributed by atoms with Crippen LogP contribution in [0.3, 0.4) is 0 Å². The maximum absolute atomic E-state index is 12.2. The van der Waals surface area contributed by atoms with Gasteiger partial charge in [-0.3, -0.25) is 9.69 Å². The van der Waals surface area contributed by atoms with Crippen LogP contribution in [0.1, 0.15) is 11.1 Å². The van der Waals surface area contributed by atoms with Gasteiger partial charge in [0.2, 0.25) is 5.91 Å². The Labute approximate surface area is 111 Å². The first kappa shape index (κ1) is 11.6. The van der Waals surface area contributed by atoms with E-state index in [1.165, 1.54) is 0 Å². The lowest BCUT2D eigenvalue weighted by molar-refractivity contribution is -0.116. The van der Waals surface area contributed by atoms with Crippen LogP contribution in [0.2, 0.25) is 0 Å². The van der Waals surface area contributed by atoms with E-state index >= 15 is 0 Å². The number of nitrogens with two attached hydrogens (primary N) is 2. The van der Waals surface area contributed by atoms with Crippen LogP contribution in [0.5, 0.6) is 0 Å². The fourth-order valence-electron chi connectivity index (χ4n) is 2.45. The lowest BCUT2D eigenvalue weighted by atomic mass is 10.1. The molecule has 0 radical (unpaired) electrons. The number of hydrogen-bond donors (Lipinski definition) is 2. The summed E-state index contributed by atoms with van der Waals surface area (Å²) in [4.78, 5) is 13.9. The van der Waals surface area contributed by atoms with Crippen molar-refractivity contribution < 1.29 is 4.79 Å². The molecule has 4 heteroatoms. The molecule has 0 aliphatic carbocycles. The van der Waals surface area contributed by atoms with Crippen molar-refractivity contribution >= 4 is 28.7 Å². The second kappa shape index (κ2) is 4.02. The SMILES string of the molecule is Cc1ccc(N)c(N2C(=O)Cc3cc(N)ccc32)c1. The van der Waals surface area contributed by atoms with Gasteiger partial charge in [0.05, 0.1) is 23.5 Å². The maximum Gasteiger partial charge on any atom is 0.236 e. The molecular formula is C15H15N3O. The molecule has 0 fully saturated rings. The van der Waals surface area contributed by atoms with Gasteiger partial charge in [-0.05, 0) is 48.4 Å². The van der Waals surface area contributed by atoms with Crippen LogP contribution in [0.15, 0.2) is 36.4 Å². The number of carbonyl (C=O) groups excluding carboxylic acids is 1. The van der Waals surface area contributed by atoms with Gasteiger partial charge in [0, 0.05) is 5.69 Å². The fraction of sp³-hybridized carbons (Fsp3) is 0.133. The first-order valence-corrected chi connectivity index (χ1v) is 6.14. The van der Waals surface area contributed by atoms with Crippen molar-refractivity contribution in [3.05, 3.63) is 47.5 Å². The topological polar surface area (TPSA) is 72.3 Å². The normalized spacial score (nSPS) is 13.7. The highest BCUT2D eigenvalue weighted by Crippen LogP contribution is 2.39. The number of fused-ring (bicyclic) bond motifs is 1. The molecule has 0 aromatic heterocycles. The van der Waals surface area contributed by atoms with Gasteiger partial charge in [-0.25, -0.2) is 0 Å². The van der Waals surface area contributed by atoms with Crippen LogP contribution in [-0.2, 0) is 11.2 Å². The summed E-state index contributed by atoms with van der Waals surface area (Å²) < 4.78 is 0. The monoisotopic (exact) mass is 253 g/mol. The highest BCUT2D eigenvalue weighted by atomic mass is 16.2. The number of nitrogens with zero attached hydrogens (tertiary/aromatic N) is 1. The third kappa shape index (κ3) is 1.81. The van der Waals surface area contributed by atoms with E-state index in [1.807, 2.05) is 37.3 Å². The molecule has 3 rings (SSSR count). The summed E-state index contributed by atoms with van der Waals surface area (Å²) >= 11 is 0. The van der Waals surface area contributed by atoms with Gasteiger partial charge in [-0.1, -0.05) is 6.07 Å². The van der Waals surface area contributed by atoms with E-state index in [1.54, 1.807) is 11.0 Å². The minimum atomic E-state index is 0.0258. The molecule has 0 unspecified atom stereocenters. The van der Waals surface area contributed by atoms with Gasteiger partial charge in [0.15, 0.2) is 0 Å². The van der Waals surface area contributed by atoms with Crippen molar-refractivity contribution in [1.82, 2.24) is 0 Å². The molecule has 1 amide bonds. The Hall–Kier alpha value is -2.49. The fourth-order valence-corrected chi connectivity index (χ4v) is 2.45. The van der Waals surface area contributed by atoms with Crippen LogP contribution in [0.4, 0.5) is 22.7 Å². The molecule has 0 bridgehead atoms. The summed E-state index contributed by atoms with van der Waals surface area (Å²) in [6.07, 6.45) is 0.369. The summed E-state index contributed by atoms with van der Waals surface area (Å²) in [5.41, 5.74) is 16.7. The first-order chi connectivity index (χ1) is 9.06. The Morgan fingerprint density at radius 3 is 2.63 bits per heavy atom. The van der Waals surface area contributed by atoms with Crippen molar-refractivity contribution in [3.63, 3.8) is 0 Å². The smallest absolute Gasteiger partial charge is 0.236 e. The minimum absolute atomic E-state index is 0.0258. The molecule has 19 heavy (non-hydrogen) atoms. The third-order valence-electron chi connectivity index (χ3n) is 3.36. The summed E-state index contributed by atoms with van der Waals surface area (Å²) in [5, 5.41) is 0. The molecule has 4 N–H and O–H groups in total. The quantitative estimate of drug-likeness (QED) is 0.766. The number of anilines is 4. The summed E-state index contributed by atoms with van der Waals surface area (Å²) in [7, 11) is 0. The zero-order valence-corrected chi connectivity index (χ0v) is 10.7. The average Bonchev–Trinajstić information content (AvgIpc) is 2.67. The first-order valence-electron chi connectivity index (χ1n) is 6.14. The number of aryl methyl sites for hydroxylation is 1. The molecule has 96 valence electrons. The van der Waals surface area contributed by atoms with E-state index in [4.69, 9.17) is 11.5 Å². The number of carbonyl (C=O) groups is 1. The predicted octanol–water partition coefficient (Wildman–Crippen LogP) is 2.38. The van der Waals surface area contributed by atoms with Gasteiger partial charge in [-0.2, -0.15) is 0 Å². The molecule has 1 aliphatic rings. The van der Waals surface area contributed by atoms with Crippen LogP contribution in [0, 0.1) is 6.92 Å². The van der Waals surface area contributed by atoms with Crippen LogP contribution in [0.25, 0.3) is 0 Å². The Kier molecular flexibility index (Phi) is 2.45. The molecule has 4 nitrogen and oxygen atoms in total. The third-order valence-corrected chi connectivity index (χ3v) is 3.36. The van der Waals surface area contributed by atoms with E-state index in [0.717, 1.165) is 22.5 Å². The molecule has 1 heterocycles. The molecule has 2 aromatic carbocycles. The van der Waals surface area contributed by atoms with Crippen LogP contribution < -0.4 is 16.4 Å². The van der Waals surface area contributed by atoms with E-state index in [2.05, 4.69) is 0 Å². The number of nitrogen functional groups attached to an aromatic ring is 2. The Morgan fingerprint density at radius 2 is 1.84 bits per heavy atom. The molecule has 0 saturated heterocycles. The molecule has 2 aromatic rings. The Balaban J connectivity index is 2.16. The van der Waals surface area contributed by atoms with Crippen molar-refractivity contribution in [3.8, 4) is 0 Å². The Bertz CT molecular complexity index is 679. The second-order valence-electron chi connectivity index (χ2n) is 4.86. The van der Waals surface area contributed by atoms with Crippen LogP contribution in [-0.4, -0.2) is 5.91 Å². The van der Waals surface area contributed by atoms with E-state index in [0.29, 0.717) is 17.8 Å². The Morgan fingerprint density at radius 1 is 1.05 bits per heavy atom. The summed E-state index contributed by atoms with van der Waals surface area (Å²) in [6, 6.07) is 11.2.